The predicted octanol–water partition coefficient (Wildman–Crippen LogP) is 3.87. The van der Waals surface area contributed by atoms with Gasteiger partial charge in [-0.1, -0.05) is 18.7 Å². The number of nitrogens with zero attached hydrogens (tertiary/aromatic N) is 3. The molecule has 3 aromatic rings. The quantitative estimate of drug-likeness (QED) is 0.690. The second-order valence-corrected chi connectivity index (χ2v) is 4.51. The summed E-state index contributed by atoms with van der Waals surface area (Å²) in [6, 6.07) is 6.10. The van der Waals surface area contributed by atoms with E-state index in [1.54, 1.807) is 0 Å². The Morgan fingerprint density at radius 2 is 2.16 bits per heavy atom. The molecule has 19 heavy (non-hydrogen) atoms. The van der Waals surface area contributed by atoms with E-state index in [4.69, 9.17) is 0 Å². The molecule has 94 valence electrons. The van der Waals surface area contributed by atoms with Crippen LogP contribution in [0.5, 0.6) is 0 Å². The summed E-state index contributed by atoms with van der Waals surface area (Å²) < 4.78 is 2.06. The highest BCUT2D eigenvalue weighted by Crippen LogP contribution is 2.24. The highest BCUT2D eigenvalue weighted by atomic mass is 15.0. The Morgan fingerprint density at radius 1 is 1.32 bits per heavy atom. The summed E-state index contributed by atoms with van der Waals surface area (Å²) in [5.74, 6) is 0. The van der Waals surface area contributed by atoms with Crippen LogP contribution in [0.2, 0.25) is 0 Å². The summed E-state index contributed by atoms with van der Waals surface area (Å²) in [6.07, 6.45) is 7.79. The lowest BCUT2D eigenvalue weighted by atomic mass is 10.2. The first-order valence-electron chi connectivity index (χ1n) is 6.27. The first kappa shape index (κ1) is 11.7. The van der Waals surface area contributed by atoms with Gasteiger partial charge in [0.15, 0.2) is 0 Å². The highest BCUT2D eigenvalue weighted by molar-refractivity contribution is 5.92. The van der Waals surface area contributed by atoms with Gasteiger partial charge in [-0.25, -0.2) is 9.97 Å². The molecule has 0 amide bonds. The van der Waals surface area contributed by atoms with Crippen LogP contribution in [0.25, 0.3) is 28.7 Å². The number of allylic oxidation sites excluding steroid dienone is 1. The monoisotopic (exact) mass is 249 g/mol. The summed E-state index contributed by atoms with van der Waals surface area (Å²) in [4.78, 5) is 9.08. The number of aromatic nitrogens is 3. The predicted molar refractivity (Wildman–Crippen MR) is 80.0 cm³/mol. The van der Waals surface area contributed by atoms with Crippen molar-refractivity contribution in [1.29, 1.82) is 0 Å². The van der Waals surface area contributed by atoms with Crippen LogP contribution in [-0.2, 0) is 0 Å². The Bertz CT molecular complexity index is 810. The second kappa shape index (κ2) is 4.35. The molecular formula is C16H15N3. The standard InChI is InChI=1S/C16H15N3/c1-4-6-14-12(5-2)9-15-16-13(17-10-19(14)15)8-7-11(3)18-16/h4-10H,2H2,1,3H3/b6-4-. The van der Waals surface area contributed by atoms with E-state index in [1.807, 2.05) is 44.5 Å². The first-order chi connectivity index (χ1) is 9.24. The Kier molecular flexibility index (Phi) is 2.67. The van der Waals surface area contributed by atoms with Gasteiger partial charge >= 0.3 is 0 Å². The number of pyridine rings is 1. The Morgan fingerprint density at radius 3 is 2.89 bits per heavy atom. The molecule has 0 atom stereocenters. The zero-order valence-electron chi connectivity index (χ0n) is 11.1. The second-order valence-electron chi connectivity index (χ2n) is 4.51. The number of hydrogen-bond acceptors (Lipinski definition) is 2. The molecule has 0 aromatic carbocycles. The topological polar surface area (TPSA) is 30.2 Å². The number of fused-ring (bicyclic) bond motifs is 3. The summed E-state index contributed by atoms with van der Waals surface area (Å²) in [6.45, 7) is 7.87. The lowest BCUT2D eigenvalue weighted by Gasteiger charge is -2.03. The largest absolute Gasteiger partial charge is 0.298 e. The van der Waals surface area contributed by atoms with Crippen molar-refractivity contribution < 1.29 is 0 Å². The molecule has 3 aromatic heterocycles. The average Bonchev–Trinajstić information content (AvgIpc) is 2.78. The van der Waals surface area contributed by atoms with Crippen LogP contribution in [0.3, 0.4) is 0 Å². The lowest BCUT2D eigenvalue weighted by molar-refractivity contribution is 1.09. The van der Waals surface area contributed by atoms with Crippen molar-refractivity contribution in [2.24, 2.45) is 0 Å². The molecule has 3 nitrogen and oxygen atoms in total. The summed E-state index contributed by atoms with van der Waals surface area (Å²) in [5.41, 5.74) is 6.09. The third-order valence-electron chi connectivity index (χ3n) is 3.22. The van der Waals surface area contributed by atoms with Gasteiger partial charge in [0, 0.05) is 11.3 Å². The number of aryl methyl sites for hydroxylation is 1. The van der Waals surface area contributed by atoms with Crippen molar-refractivity contribution in [2.75, 3.05) is 0 Å². The molecule has 3 heteroatoms. The zero-order valence-corrected chi connectivity index (χ0v) is 11.1. The maximum Gasteiger partial charge on any atom is 0.113 e. The number of hydrogen-bond donors (Lipinski definition) is 0. The molecule has 0 radical (unpaired) electrons. The molecule has 0 unspecified atom stereocenters. The van der Waals surface area contributed by atoms with Crippen LogP contribution in [0.1, 0.15) is 23.9 Å². The van der Waals surface area contributed by atoms with Gasteiger partial charge in [0.05, 0.1) is 16.7 Å². The van der Waals surface area contributed by atoms with E-state index >= 15 is 0 Å². The van der Waals surface area contributed by atoms with Crippen molar-refractivity contribution in [3.63, 3.8) is 0 Å². The van der Waals surface area contributed by atoms with Crippen LogP contribution >= 0.6 is 0 Å². The highest BCUT2D eigenvalue weighted by Gasteiger charge is 2.10. The van der Waals surface area contributed by atoms with E-state index in [0.717, 1.165) is 33.5 Å². The molecule has 0 spiro atoms. The van der Waals surface area contributed by atoms with Gasteiger partial charge < -0.3 is 0 Å². The van der Waals surface area contributed by atoms with Gasteiger partial charge in [0.2, 0.25) is 0 Å². The number of rotatable bonds is 2. The Labute approximate surface area is 111 Å². The fourth-order valence-corrected chi connectivity index (χ4v) is 2.33. The normalized spacial score (nSPS) is 11.7. The van der Waals surface area contributed by atoms with E-state index in [1.165, 1.54) is 0 Å². The van der Waals surface area contributed by atoms with Crippen molar-refractivity contribution >= 4 is 28.7 Å². The van der Waals surface area contributed by atoms with Crippen molar-refractivity contribution in [3.8, 4) is 0 Å². The van der Waals surface area contributed by atoms with Gasteiger partial charge in [0.25, 0.3) is 0 Å². The van der Waals surface area contributed by atoms with E-state index in [2.05, 4.69) is 33.1 Å². The van der Waals surface area contributed by atoms with Gasteiger partial charge in [-0.3, -0.25) is 4.40 Å². The van der Waals surface area contributed by atoms with E-state index in [0.29, 0.717) is 0 Å². The van der Waals surface area contributed by atoms with E-state index in [-0.39, 0.29) is 0 Å². The fraction of sp³-hybridized carbons (Fsp3) is 0.125. The Balaban J connectivity index is 2.49. The third-order valence-corrected chi connectivity index (χ3v) is 3.22. The van der Waals surface area contributed by atoms with Gasteiger partial charge in [-0.2, -0.15) is 0 Å². The molecule has 0 aliphatic carbocycles. The van der Waals surface area contributed by atoms with Crippen LogP contribution in [0.15, 0.2) is 37.2 Å². The summed E-state index contributed by atoms with van der Waals surface area (Å²) >= 11 is 0. The first-order valence-corrected chi connectivity index (χ1v) is 6.27. The maximum absolute atomic E-state index is 4.61. The van der Waals surface area contributed by atoms with Crippen molar-refractivity contribution in [2.45, 2.75) is 13.8 Å². The molecule has 0 aliphatic rings. The molecule has 0 aliphatic heterocycles. The molecule has 0 saturated heterocycles. The van der Waals surface area contributed by atoms with Gasteiger partial charge in [0.1, 0.15) is 11.8 Å². The van der Waals surface area contributed by atoms with Crippen molar-refractivity contribution in [1.82, 2.24) is 14.4 Å². The molecule has 3 rings (SSSR count). The van der Waals surface area contributed by atoms with Gasteiger partial charge in [-0.05, 0) is 38.1 Å². The zero-order chi connectivity index (χ0) is 13.4. The Hall–Kier alpha value is -2.42. The third kappa shape index (κ3) is 1.74. The molecule has 0 fully saturated rings. The summed E-state index contributed by atoms with van der Waals surface area (Å²) in [5, 5.41) is 0. The van der Waals surface area contributed by atoms with Crippen LogP contribution in [-0.4, -0.2) is 14.4 Å². The van der Waals surface area contributed by atoms with E-state index < -0.39 is 0 Å². The smallest absolute Gasteiger partial charge is 0.113 e. The molecule has 0 saturated carbocycles. The van der Waals surface area contributed by atoms with Crippen LogP contribution < -0.4 is 0 Å². The minimum Gasteiger partial charge on any atom is -0.298 e. The SMILES string of the molecule is C=Cc1cc2c3nc(C)ccc3ncn2c1/C=C\C. The van der Waals surface area contributed by atoms with Crippen molar-refractivity contribution in [3.05, 3.63) is 54.1 Å². The minimum absolute atomic E-state index is 0.915. The minimum atomic E-state index is 0.915. The molecule has 3 heterocycles. The lowest BCUT2D eigenvalue weighted by Crippen LogP contribution is -1.94. The molecular weight excluding hydrogens is 234 g/mol. The fourth-order valence-electron chi connectivity index (χ4n) is 2.33. The van der Waals surface area contributed by atoms with Crippen LogP contribution in [0.4, 0.5) is 0 Å². The average molecular weight is 249 g/mol. The maximum atomic E-state index is 4.61. The van der Waals surface area contributed by atoms with Gasteiger partial charge in [-0.15, -0.1) is 0 Å². The molecule has 0 N–H and O–H groups in total. The van der Waals surface area contributed by atoms with Crippen LogP contribution in [0, 0.1) is 6.92 Å². The molecule has 0 bridgehead atoms. The summed E-state index contributed by atoms with van der Waals surface area (Å²) in [7, 11) is 0. The van der Waals surface area contributed by atoms with E-state index in [9.17, 15) is 0 Å².